The summed E-state index contributed by atoms with van der Waals surface area (Å²) in [5.41, 5.74) is 0.988. The van der Waals surface area contributed by atoms with Crippen molar-refractivity contribution in [1.82, 2.24) is 20.2 Å². The Hall–Kier alpha value is -4.25. The summed E-state index contributed by atoms with van der Waals surface area (Å²) in [6, 6.07) is 10.5. The zero-order chi connectivity index (χ0) is 24.2. The highest BCUT2D eigenvalue weighted by Crippen LogP contribution is 2.39. The number of hydrogen-bond acceptors (Lipinski definition) is 9. The van der Waals surface area contributed by atoms with E-state index in [0.29, 0.717) is 39.9 Å². The van der Waals surface area contributed by atoms with Gasteiger partial charge in [-0.3, -0.25) is 19.7 Å². The normalized spacial score (nSPS) is 19.3. The van der Waals surface area contributed by atoms with E-state index in [1.54, 1.807) is 41.4 Å². The number of methoxy groups -OCH3 is 1. The Morgan fingerprint density at radius 3 is 2.86 bits per heavy atom. The van der Waals surface area contributed by atoms with Gasteiger partial charge in [0.05, 0.1) is 13.5 Å². The number of imide groups is 1. The maximum atomic E-state index is 13.2. The number of fused-ring (bicyclic) bond motifs is 2. The number of benzene rings is 1. The van der Waals surface area contributed by atoms with Crippen molar-refractivity contribution in [2.75, 3.05) is 19.0 Å². The van der Waals surface area contributed by atoms with Gasteiger partial charge in [-0.05, 0) is 29.8 Å². The van der Waals surface area contributed by atoms with Gasteiger partial charge in [0.15, 0.2) is 10.7 Å². The van der Waals surface area contributed by atoms with E-state index in [1.807, 2.05) is 11.4 Å². The molecule has 176 valence electrons. The van der Waals surface area contributed by atoms with Gasteiger partial charge in [-0.1, -0.05) is 6.07 Å². The Balaban J connectivity index is 1.35. The van der Waals surface area contributed by atoms with Gasteiger partial charge in [-0.15, -0.1) is 11.3 Å². The van der Waals surface area contributed by atoms with E-state index in [-0.39, 0.29) is 24.6 Å². The molecule has 0 radical (unpaired) electrons. The molecule has 0 saturated carbocycles. The summed E-state index contributed by atoms with van der Waals surface area (Å²) in [5, 5.41) is 8.05. The molecule has 3 amide bonds. The highest BCUT2D eigenvalue weighted by molar-refractivity contribution is 7.13. The average molecular weight is 490 g/mol. The standard InChI is InChI=1S/C24H19N5O5S/c1-33-14-3-2-13-11-29(21(31)15(13)8-14)12-24(10-20(30)28-22(24)32)18-9-16-17(34-18)4-5-19(26-16)27-23-25-6-7-35-23/h2-9H,10-12H2,1H3,(H,25,26,27)(H,28,30,32)/t24-/m1/s1. The van der Waals surface area contributed by atoms with E-state index in [4.69, 9.17) is 9.15 Å². The number of nitrogens with zero attached hydrogens (tertiary/aromatic N) is 3. The van der Waals surface area contributed by atoms with Crippen LogP contribution < -0.4 is 15.4 Å². The molecule has 0 spiro atoms. The van der Waals surface area contributed by atoms with Crippen LogP contribution in [-0.2, 0) is 21.5 Å². The molecule has 1 aromatic carbocycles. The number of carbonyl (C=O) groups excluding carboxylic acids is 3. The van der Waals surface area contributed by atoms with Crippen LogP contribution in [0.1, 0.15) is 28.1 Å². The summed E-state index contributed by atoms with van der Waals surface area (Å²) in [7, 11) is 1.54. The van der Waals surface area contributed by atoms with Crippen molar-refractivity contribution in [3.8, 4) is 5.75 Å². The van der Waals surface area contributed by atoms with Gasteiger partial charge >= 0.3 is 0 Å². The third-order valence-electron chi connectivity index (χ3n) is 6.32. The Labute approximate surface area is 202 Å². The van der Waals surface area contributed by atoms with Gasteiger partial charge in [0.1, 0.15) is 28.3 Å². The van der Waals surface area contributed by atoms with Gasteiger partial charge in [0, 0.05) is 36.3 Å². The number of rotatable bonds is 6. The Morgan fingerprint density at radius 2 is 2.11 bits per heavy atom. The maximum Gasteiger partial charge on any atom is 0.254 e. The number of pyridine rings is 1. The molecule has 11 heteroatoms. The highest BCUT2D eigenvalue weighted by atomic mass is 32.1. The minimum atomic E-state index is -1.36. The molecule has 5 heterocycles. The SMILES string of the molecule is COc1ccc2c(c1)C(=O)N(C[C@@]1(c3cc4nc(Nc5nccs5)ccc4o3)CC(=O)NC1=O)C2. The van der Waals surface area contributed by atoms with Crippen LogP contribution in [0.5, 0.6) is 5.75 Å². The molecule has 0 bridgehead atoms. The van der Waals surface area contributed by atoms with E-state index in [1.165, 1.54) is 18.4 Å². The summed E-state index contributed by atoms with van der Waals surface area (Å²) in [4.78, 5) is 49.0. The van der Waals surface area contributed by atoms with Crippen LogP contribution in [-0.4, -0.2) is 46.2 Å². The molecule has 35 heavy (non-hydrogen) atoms. The molecule has 3 aromatic heterocycles. The lowest BCUT2D eigenvalue weighted by Crippen LogP contribution is -2.46. The van der Waals surface area contributed by atoms with Crippen LogP contribution in [0.25, 0.3) is 11.1 Å². The number of thiazole rings is 1. The number of amides is 3. The molecule has 1 atom stereocenters. The highest BCUT2D eigenvalue weighted by Gasteiger charge is 2.53. The predicted molar refractivity (Wildman–Crippen MR) is 127 cm³/mol. The second-order valence-electron chi connectivity index (χ2n) is 8.47. The number of anilines is 2. The largest absolute Gasteiger partial charge is 0.497 e. The minimum Gasteiger partial charge on any atom is -0.497 e. The third kappa shape index (κ3) is 3.51. The van der Waals surface area contributed by atoms with Crippen LogP contribution in [0, 0.1) is 0 Å². The van der Waals surface area contributed by atoms with Gasteiger partial charge in [-0.2, -0.15) is 0 Å². The first-order chi connectivity index (χ1) is 16.9. The quantitative estimate of drug-likeness (QED) is 0.396. The predicted octanol–water partition coefficient (Wildman–Crippen LogP) is 2.98. The first-order valence-electron chi connectivity index (χ1n) is 10.8. The summed E-state index contributed by atoms with van der Waals surface area (Å²) < 4.78 is 11.3. The monoisotopic (exact) mass is 489 g/mol. The molecule has 1 saturated heterocycles. The van der Waals surface area contributed by atoms with E-state index in [9.17, 15) is 14.4 Å². The first kappa shape index (κ1) is 21.3. The van der Waals surface area contributed by atoms with Crippen molar-refractivity contribution in [1.29, 1.82) is 0 Å². The number of hydrogen-bond donors (Lipinski definition) is 2. The molecule has 0 unspecified atom stereocenters. The van der Waals surface area contributed by atoms with Gasteiger partial charge < -0.3 is 19.4 Å². The van der Waals surface area contributed by atoms with Crippen molar-refractivity contribution in [3.05, 3.63) is 64.9 Å². The topological polar surface area (TPSA) is 127 Å². The molecule has 2 aliphatic heterocycles. The van der Waals surface area contributed by atoms with Crippen LogP contribution in [0.4, 0.5) is 10.9 Å². The molecule has 10 nitrogen and oxygen atoms in total. The molecule has 6 rings (SSSR count). The lowest BCUT2D eigenvalue weighted by atomic mass is 9.82. The summed E-state index contributed by atoms with van der Waals surface area (Å²) in [6.45, 7) is 0.312. The lowest BCUT2D eigenvalue weighted by Gasteiger charge is -2.28. The van der Waals surface area contributed by atoms with E-state index in [0.717, 1.165) is 5.56 Å². The minimum absolute atomic E-state index is 0.00948. The fourth-order valence-electron chi connectivity index (χ4n) is 4.59. The summed E-state index contributed by atoms with van der Waals surface area (Å²) >= 11 is 1.44. The number of aromatic nitrogens is 2. The Morgan fingerprint density at radius 1 is 1.23 bits per heavy atom. The van der Waals surface area contributed by atoms with Crippen LogP contribution >= 0.6 is 11.3 Å². The average Bonchev–Trinajstić information content (AvgIpc) is 3.62. The van der Waals surface area contributed by atoms with Gasteiger partial charge in [-0.25, -0.2) is 9.97 Å². The molecule has 1 fully saturated rings. The molecule has 2 N–H and O–H groups in total. The van der Waals surface area contributed by atoms with Gasteiger partial charge in [0.25, 0.3) is 5.91 Å². The van der Waals surface area contributed by atoms with Crippen LogP contribution in [0.2, 0.25) is 0 Å². The number of nitrogens with one attached hydrogen (secondary N) is 2. The van der Waals surface area contributed by atoms with Crippen molar-refractivity contribution < 1.29 is 23.5 Å². The van der Waals surface area contributed by atoms with Crippen molar-refractivity contribution in [2.24, 2.45) is 0 Å². The molecular formula is C24H19N5O5S. The summed E-state index contributed by atoms with van der Waals surface area (Å²) in [6.07, 6.45) is 1.56. The maximum absolute atomic E-state index is 13.2. The van der Waals surface area contributed by atoms with E-state index < -0.39 is 17.2 Å². The van der Waals surface area contributed by atoms with Crippen LogP contribution in [0.3, 0.4) is 0 Å². The second-order valence-corrected chi connectivity index (χ2v) is 9.37. The molecule has 0 aliphatic carbocycles. The lowest BCUT2D eigenvalue weighted by molar-refractivity contribution is -0.127. The Bertz CT molecular complexity index is 1500. The molecular weight excluding hydrogens is 470 g/mol. The van der Waals surface area contributed by atoms with E-state index in [2.05, 4.69) is 20.6 Å². The fraction of sp³-hybridized carbons (Fsp3) is 0.208. The zero-order valence-electron chi connectivity index (χ0n) is 18.5. The number of ether oxygens (including phenoxy) is 1. The Kier molecular flexibility index (Phi) is 4.81. The molecule has 4 aromatic rings. The van der Waals surface area contributed by atoms with Crippen molar-refractivity contribution in [2.45, 2.75) is 18.4 Å². The third-order valence-corrected chi connectivity index (χ3v) is 7.01. The van der Waals surface area contributed by atoms with Gasteiger partial charge in [0.2, 0.25) is 11.8 Å². The summed E-state index contributed by atoms with van der Waals surface area (Å²) in [5.74, 6) is 0.294. The second kappa shape index (κ2) is 7.91. The zero-order valence-corrected chi connectivity index (χ0v) is 19.3. The fourth-order valence-corrected chi connectivity index (χ4v) is 5.13. The smallest absolute Gasteiger partial charge is 0.254 e. The van der Waals surface area contributed by atoms with Crippen molar-refractivity contribution >= 4 is 51.1 Å². The number of carbonyl (C=O) groups is 3. The van der Waals surface area contributed by atoms with Crippen LogP contribution in [0.15, 0.2) is 52.4 Å². The first-order valence-corrected chi connectivity index (χ1v) is 11.7. The number of furan rings is 1. The van der Waals surface area contributed by atoms with E-state index >= 15 is 0 Å². The molecule has 2 aliphatic rings. The van der Waals surface area contributed by atoms with Crippen molar-refractivity contribution in [3.63, 3.8) is 0 Å².